The molecule has 1 fully saturated rings. The Bertz CT molecular complexity index is 900. The number of benzene rings is 1. The molecular weight excluding hydrogens is 314 g/mol. The number of nitrogens with zero attached hydrogens (tertiary/aromatic N) is 3. The highest BCUT2D eigenvalue weighted by molar-refractivity contribution is 5.93. The molecule has 0 radical (unpaired) electrons. The largest absolute Gasteiger partial charge is 0.348 e. The smallest absolute Gasteiger partial charge is 0.270 e. The molecule has 1 amide bonds. The first kappa shape index (κ1) is 15.5. The molecule has 1 aliphatic carbocycles. The van der Waals surface area contributed by atoms with E-state index in [1.807, 2.05) is 30.3 Å². The lowest BCUT2D eigenvalue weighted by Gasteiger charge is -2.12. The van der Waals surface area contributed by atoms with Crippen LogP contribution in [0, 0.1) is 0 Å². The van der Waals surface area contributed by atoms with Crippen LogP contribution in [0.5, 0.6) is 0 Å². The first-order valence-electron chi connectivity index (χ1n) is 8.54. The SMILES string of the molecule is O=C(NC1CCCC1)c1ccnc(Nc2cccc3cccnc23)n1. The van der Waals surface area contributed by atoms with Crippen LogP contribution < -0.4 is 10.6 Å². The van der Waals surface area contributed by atoms with Gasteiger partial charge in [-0.05, 0) is 31.0 Å². The van der Waals surface area contributed by atoms with Crippen LogP contribution in [0.3, 0.4) is 0 Å². The number of anilines is 2. The molecule has 6 heteroatoms. The van der Waals surface area contributed by atoms with Crippen LogP contribution in [-0.2, 0) is 0 Å². The summed E-state index contributed by atoms with van der Waals surface area (Å²) in [6.07, 6.45) is 7.79. The number of pyridine rings is 1. The van der Waals surface area contributed by atoms with Gasteiger partial charge in [0, 0.05) is 23.8 Å². The molecule has 0 aliphatic heterocycles. The van der Waals surface area contributed by atoms with E-state index < -0.39 is 0 Å². The number of carbonyl (C=O) groups excluding carboxylic acids is 1. The molecule has 0 spiro atoms. The Morgan fingerprint density at radius 3 is 2.72 bits per heavy atom. The monoisotopic (exact) mass is 333 g/mol. The van der Waals surface area contributed by atoms with Gasteiger partial charge in [-0.15, -0.1) is 0 Å². The highest BCUT2D eigenvalue weighted by atomic mass is 16.1. The summed E-state index contributed by atoms with van der Waals surface area (Å²) < 4.78 is 0. The summed E-state index contributed by atoms with van der Waals surface area (Å²) in [5, 5.41) is 7.25. The van der Waals surface area contributed by atoms with Crippen molar-refractivity contribution in [1.29, 1.82) is 0 Å². The van der Waals surface area contributed by atoms with E-state index >= 15 is 0 Å². The molecule has 2 N–H and O–H groups in total. The maximum absolute atomic E-state index is 12.4. The number of fused-ring (bicyclic) bond motifs is 1. The highest BCUT2D eigenvalue weighted by Gasteiger charge is 2.19. The van der Waals surface area contributed by atoms with E-state index in [-0.39, 0.29) is 11.9 Å². The predicted molar refractivity (Wildman–Crippen MR) is 96.8 cm³/mol. The number of amides is 1. The van der Waals surface area contributed by atoms with Gasteiger partial charge in [-0.25, -0.2) is 9.97 Å². The summed E-state index contributed by atoms with van der Waals surface area (Å²) in [7, 11) is 0. The number of nitrogens with one attached hydrogen (secondary N) is 2. The minimum Gasteiger partial charge on any atom is -0.348 e. The summed E-state index contributed by atoms with van der Waals surface area (Å²) in [5.41, 5.74) is 2.03. The van der Waals surface area contributed by atoms with Gasteiger partial charge in [0.25, 0.3) is 5.91 Å². The summed E-state index contributed by atoms with van der Waals surface area (Å²) in [5.74, 6) is 0.241. The van der Waals surface area contributed by atoms with Gasteiger partial charge in [-0.2, -0.15) is 0 Å². The number of carbonyl (C=O) groups is 1. The van der Waals surface area contributed by atoms with Crippen LogP contribution in [0.2, 0.25) is 0 Å². The Balaban J connectivity index is 1.55. The zero-order chi connectivity index (χ0) is 17.1. The topological polar surface area (TPSA) is 79.8 Å². The first-order chi connectivity index (χ1) is 12.3. The van der Waals surface area contributed by atoms with E-state index in [9.17, 15) is 4.79 Å². The van der Waals surface area contributed by atoms with Gasteiger partial charge >= 0.3 is 0 Å². The van der Waals surface area contributed by atoms with Crippen molar-refractivity contribution in [2.24, 2.45) is 0 Å². The molecule has 1 aliphatic rings. The van der Waals surface area contributed by atoms with Crippen molar-refractivity contribution in [2.45, 2.75) is 31.7 Å². The maximum atomic E-state index is 12.4. The first-order valence-corrected chi connectivity index (χ1v) is 8.54. The fraction of sp³-hybridized carbons (Fsp3) is 0.263. The standard InChI is InChI=1S/C19H19N5O/c25-18(22-14-7-1-2-8-14)16-10-12-21-19(24-16)23-15-9-3-5-13-6-4-11-20-17(13)15/h3-6,9-12,14H,1-2,7-8H2,(H,22,25)(H,21,23,24). The van der Waals surface area contributed by atoms with Crippen LogP contribution in [0.15, 0.2) is 48.8 Å². The highest BCUT2D eigenvalue weighted by Crippen LogP contribution is 2.23. The number of hydrogen-bond acceptors (Lipinski definition) is 5. The molecule has 0 unspecified atom stereocenters. The third-order valence-electron chi connectivity index (χ3n) is 4.46. The van der Waals surface area contributed by atoms with Crippen molar-refractivity contribution >= 4 is 28.4 Å². The molecule has 1 saturated carbocycles. The fourth-order valence-electron chi connectivity index (χ4n) is 3.20. The molecule has 1 aromatic carbocycles. The zero-order valence-electron chi connectivity index (χ0n) is 13.8. The van der Waals surface area contributed by atoms with E-state index in [1.165, 1.54) is 12.8 Å². The second-order valence-corrected chi connectivity index (χ2v) is 6.23. The summed E-state index contributed by atoms with van der Waals surface area (Å²) >= 11 is 0. The lowest BCUT2D eigenvalue weighted by atomic mass is 10.2. The molecule has 3 aromatic rings. The third kappa shape index (κ3) is 3.42. The van der Waals surface area contributed by atoms with Crippen molar-refractivity contribution in [3.05, 3.63) is 54.5 Å². The fourth-order valence-corrected chi connectivity index (χ4v) is 3.20. The van der Waals surface area contributed by atoms with Gasteiger partial charge in [0.2, 0.25) is 5.95 Å². The predicted octanol–water partition coefficient (Wildman–Crippen LogP) is 3.44. The maximum Gasteiger partial charge on any atom is 0.270 e. The second-order valence-electron chi connectivity index (χ2n) is 6.23. The molecule has 2 heterocycles. The van der Waals surface area contributed by atoms with Crippen molar-refractivity contribution in [3.8, 4) is 0 Å². The lowest BCUT2D eigenvalue weighted by Crippen LogP contribution is -2.33. The van der Waals surface area contributed by atoms with Crippen LogP contribution in [0.1, 0.15) is 36.2 Å². The minimum atomic E-state index is -0.145. The number of hydrogen-bond donors (Lipinski definition) is 2. The van der Waals surface area contributed by atoms with E-state index in [2.05, 4.69) is 25.6 Å². The van der Waals surface area contributed by atoms with Crippen molar-refractivity contribution in [2.75, 3.05) is 5.32 Å². The number of para-hydroxylation sites is 1. The van der Waals surface area contributed by atoms with Gasteiger partial charge < -0.3 is 10.6 Å². The normalized spacial score (nSPS) is 14.6. The van der Waals surface area contributed by atoms with Crippen molar-refractivity contribution < 1.29 is 4.79 Å². The molecule has 2 aromatic heterocycles. The Morgan fingerprint density at radius 2 is 1.84 bits per heavy atom. The minimum absolute atomic E-state index is 0.145. The molecule has 0 bridgehead atoms. The summed E-state index contributed by atoms with van der Waals surface area (Å²) in [4.78, 5) is 25.4. The second kappa shape index (κ2) is 6.84. The molecular formula is C19H19N5O. The molecule has 126 valence electrons. The molecule has 6 nitrogen and oxygen atoms in total. The average Bonchev–Trinajstić information content (AvgIpc) is 3.15. The van der Waals surface area contributed by atoms with Crippen LogP contribution in [0.4, 0.5) is 11.6 Å². The summed E-state index contributed by atoms with van der Waals surface area (Å²) in [6.45, 7) is 0. The van der Waals surface area contributed by atoms with Crippen molar-refractivity contribution in [3.63, 3.8) is 0 Å². The Labute approximate surface area is 145 Å². The zero-order valence-corrected chi connectivity index (χ0v) is 13.8. The Morgan fingerprint density at radius 1 is 1.00 bits per heavy atom. The van der Waals surface area contributed by atoms with Gasteiger partial charge in [0.05, 0.1) is 11.2 Å². The number of aromatic nitrogens is 3. The van der Waals surface area contributed by atoms with Crippen LogP contribution in [-0.4, -0.2) is 26.9 Å². The Hall–Kier alpha value is -3.02. The van der Waals surface area contributed by atoms with E-state index in [4.69, 9.17) is 0 Å². The summed E-state index contributed by atoms with van der Waals surface area (Å²) in [6, 6.07) is 11.7. The van der Waals surface area contributed by atoms with Crippen LogP contribution in [0.25, 0.3) is 10.9 Å². The third-order valence-corrected chi connectivity index (χ3v) is 4.46. The molecule has 0 saturated heterocycles. The quantitative estimate of drug-likeness (QED) is 0.764. The molecule has 4 rings (SSSR count). The van der Waals surface area contributed by atoms with Gasteiger partial charge in [0.1, 0.15) is 5.69 Å². The average molecular weight is 333 g/mol. The van der Waals surface area contributed by atoms with E-state index in [0.717, 1.165) is 29.4 Å². The van der Waals surface area contributed by atoms with Gasteiger partial charge in [0.15, 0.2) is 0 Å². The van der Waals surface area contributed by atoms with E-state index in [1.54, 1.807) is 18.5 Å². The number of rotatable bonds is 4. The lowest BCUT2D eigenvalue weighted by molar-refractivity contribution is 0.0933. The van der Waals surface area contributed by atoms with E-state index in [0.29, 0.717) is 11.6 Å². The molecule has 0 atom stereocenters. The van der Waals surface area contributed by atoms with Crippen LogP contribution >= 0.6 is 0 Å². The van der Waals surface area contributed by atoms with Crippen molar-refractivity contribution in [1.82, 2.24) is 20.3 Å². The molecule has 25 heavy (non-hydrogen) atoms. The van der Waals surface area contributed by atoms with Gasteiger partial charge in [-0.1, -0.05) is 31.0 Å². The van der Waals surface area contributed by atoms with Gasteiger partial charge in [-0.3, -0.25) is 9.78 Å². The Kier molecular flexibility index (Phi) is 4.24.